The van der Waals surface area contributed by atoms with Gasteiger partial charge in [0.2, 0.25) is 11.8 Å². The molecule has 1 rings (SSSR count). The number of hydrogen-bond donors (Lipinski definition) is 1. The maximum absolute atomic E-state index is 12.3. The summed E-state index contributed by atoms with van der Waals surface area (Å²) in [7, 11) is 0. The molecule has 0 radical (unpaired) electrons. The largest absolute Gasteiger partial charge is 0.351 e. The molecule has 0 fully saturated rings. The lowest BCUT2D eigenvalue weighted by atomic mass is 9.90. The van der Waals surface area contributed by atoms with Crippen LogP contribution in [0.25, 0.3) is 0 Å². The van der Waals surface area contributed by atoms with E-state index in [9.17, 15) is 9.59 Å². The van der Waals surface area contributed by atoms with Crippen molar-refractivity contribution < 1.29 is 9.59 Å². The molecule has 1 N–H and O–H groups in total. The third kappa shape index (κ3) is 3.83. The van der Waals surface area contributed by atoms with E-state index in [1.165, 1.54) is 0 Å². The normalized spacial score (nSPS) is 11.0. The quantitative estimate of drug-likeness (QED) is 0.810. The number of nitrogens with one attached hydrogen (secondary N) is 1. The topological polar surface area (TPSA) is 49.4 Å². The van der Waals surface area contributed by atoms with Crippen molar-refractivity contribution in [3.63, 3.8) is 0 Å². The SMILES string of the molecule is CCN(CC)C(=O)C(C)(C)C(=O)NCc1ccccc1. The molecule has 0 spiro atoms. The summed E-state index contributed by atoms with van der Waals surface area (Å²) in [6, 6.07) is 9.67. The average molecular weight is 276 g/mol. The van der Waals surface area contributed by atoms with Crippen LogP contribution in [0.2, 0.25) is 0 Å². The fraction of sp³-hybridized carbons (Fsp3) is 0.500. The molecular formula is C16H24N2O2. The summed E-state index contributed by atoms with van der Waals surface area (Å²) in [6.45, 7) is 8.85. The number of carbonyl (C=O) groups is 2. The van der Waals surface area contributed by atoms with Crippen LogP contribution in [0.15, 0.2) is 30.3 Å². The number of carbonyl (C=O) groups excluding carboxylic acids is 2. The predicted octanol–water partition coefficient (Wildman–Crippen LogP) is 2.20. The molecule has 2 amide bonds. The highest BCUT2D eigenvalue weighted by Crippen LogP contribution is 2.19. The molecule has 0 aliphatic heterocycles. The molecule has 0 heterocycles. The van der Waals surface area contributed by atoms with E-state index >= 15 is 0 Å². The minimum absolute atomic E-state index is 0.131. The van der Waals surface area contributed by atoms with Crippen LogP contribution >= 0.6 is 0 Å². The van der Waals surface area contributed by atoms with Crippen LogP contribution in [0.4, 0.5) is 0 Å². The van der Waals surface area contributed by atoms with Gasteiger partial charge in [0.25, 0.3) is 0 Å². The van der Waals surface area contributed by atoms with E-state index in [2.05, 4.69) is 5.32 Å². The first-order valence-corrected chi connectivity index (χ1v) is 7.05. The van der Waals surface area contributed by atoms with Crippen LogP contribution in [0.3, 0.4) is 0 Å². The Hall–Kier alpha value is -1.84. The molecule has 1 aromatic rings. The average Bonchev–Trinajstić information content (AvgIpc) is 2.46. The van der Waals surface area contributed by atoms with E-state index in [0.717, 1.165) is 5.56 Å². The van der Waals surface area contributed by atoms with Gasteiger partial charge in [-0.15, -0.1) is 0 Å². The molecule has 4 heteroatoms. The van der Waals surface area contributed by atoms with Gasteiger partial charge >= 0.3 is 0 Å². The van der Waals surface area contributed by atoms with Gasteiger partial charge in [0.1, 0.15) is 5.41 Å². The number of amides is 2. The van der Waals surface area contributed by atoms with Crippen LogP contribution in [0.1, 0.15) is 33.3 Å². The van der Waals surface area contributed by atoms with Crippen LogP contribution in [-0.4, -0.2) is 29.8 Å². The lowest BCUT2D eigenvalue weighted by Crippen LogP contribution is -2.49. The van der Waals surface area contributed by atoms with Crippen molar-refractivity contribution in [2.75, 3.05) is 13.1 Å². The van der Waals surface area contributed by atoms with E-state index in [1.54, 1.807) is 18.7 Å². The second kappa shape index (κ2) is 7.08. The second-order valence-corrected chi connectivity index (χ2v) is 5.27. The Bertz CT molecular complexity index is 451. The summed E-state index contributed by atoms with van der Waals surface area (Å²) in [6.07, 6.45) is 0. The minimum Gasteiger partial charge on any atom is -0.351 e. The van der Waals surface area contributed by atoms with Gasteiger partial charge in [0, 0.05) is 19.6 Å². The molecule has 0 aliphatic rings. The Labute approximate surface area is 121 Å². The van der Waals surface area contributed by atoms with E-state index in [4.69, 9.17) is 0 Å². The zero-order chi connectivity index (χ0) is 15.2. The molecule has 1 aromatic carbocycles. The highest BCUT2D eigenvalue weighted by atomic mass is 16.2. The maximum Gasteiger partial charge on any atom is 0.237 e. The number of benzene rings is 1. The summed E-state index contributed by atoms with van der Waals surface area (Å²) in [5, 5.41) is 2.84. The minimum atomic E-state index is -1.04. The maximum atomic E-state index is 12.3. The van der Waals surface area contributed by atoms with Crippen molar-refractivity contribution in [3.05, 3.63) is 35.9 Å². The van der Waals surface area contributed by atoms with Crippen molar-refractivity contribution in [2.45, 2.75) is 34.2 Å². The molecule has 110 valence electrons. The van der Waals surface area contributed by atoms with Gasteiger partial charge in [-0.05, 0) is 33.3 Å². The highest BCUT2D eigenvalue weighted by molar-refractivity contribution is 6.04. The molecule has 0 aliphatic carbocycles. The lowest BCUT2D eigenvalue weighted by molar-refractivity contribution is -0.148. The van der Waals surface area contributed by atoms with Gasteiger partial charge in [-0.2, -0.15) is 0 Å². The van der Waals surface area contributed by atoms with Crippen LogP contribution in [-0.2, 0) is 16.1 Å². The van der Waals surface area contributed by atoms with E-state index in [1.807, 2.05) is 44.2 Å². The summed E-state index contributed by atoms with van der Waals surface area (Å²) in [5.74, 6) is -0.369. The summed E-state index contributed by atoms with van der Waals surface area (Å²) >= 11 is 0. The Morgan fingerprint density at radius 3 is 2.15 bits per heavy atom. The standard InChI is InChI=1S/C16H24N2O2/c1-5-18(6-2)15(20)16(3,4)14(19)17-12-13-10-8-7-9-11-13/h7-11H,5-6,12H2,1-4H3,(H,17,19). The number of hydrogen-bond acceptors (Lipinski definition) is 2. The van der Waals surface area contributed by atoms with Gasteiger partial charge in [-0.3, -0.25) is 9.59 Å². The van der Waals surface area contributed by atoms with Crippen LogP contribution < -0.4 is 5.32 Å². The molecule has 0 atom stereocenters. The Balaban J connectivity index is 2.67. The highest BCUT2D eigenvalue weighted by Gasteiger charge is 2.38. The van der Waals surface area contributed by atoms with Crippen molar-refractivity contribution in [1.82, 2.24) is 10.2 Å². The van der Waals surface area contributed by atoms with Gasteiger partial charge < -0.3 is 10.2 Å². The van der Waals surface area contributed by atoms with Gasteiger partial charge in [-0.25, -0.2) is 0 Å². The number of nitrogens with zero attached hydrogens (tertiary/aromatic N) is 1. The van der Waals surface area contributed by atoms with Crippen molar-refractivity contribution in [3.8, 4) is 0 Å². The molecule has 4 nitrogen and oxygen atoms in total. The van der Waals surface area contributed by atoms with Crippen LogP contribution in [0.5, 0.6) is 0 Å². The zero-order valence-electron chi connectivity index (χ0n) is 12.8. The molecule has 0 aromatic heterocycles. The van der Waals surface area contributed by atoms with Gasteiger partial charge in [-0.1, -0.05) is 30.3 Å². The molecule has 0 saturated carbocycles. The van der Waals surface area contributed by atoms with Crippen molar-refractivity contribution in [2.24, 2.45) is 5.41 Å². The molecule has 0 unspecified atom stereocenters. The zero-order valence-corrected chi connectivity index (χ0v) is 12.8. The number of rotatable bonds is 6. The Kier molecular flexibility index (Phi) is 5.74. The molecule has 20 heavy (non-hydrogen) atoms. The van der Waals surface area contributed by atoms with Crippen molar-refractivity contribution in [1.29, 1.82) is 0 Å². The Morgan fingerprint density at radius 1 is 1.10 bits per heavy atom. The summed E-state index contributed by atoms with van der Waals surface area (Å²) in [4.78, 5) is 26.3. The monoisotopic (exact) mass is 276 g/mol. The fourth-order valence-electron chi connectivity index (χ4n) is 2.00. The molecule has 0 bridgehead atoms. The first-order chi connectivity index (χ1) is 9.43. The lowest BCUT2D eigenvalue weighted by Gasteiger charge is -2.29. The van der Waals surface area contributed by atoms with E-state index in [0.29, 0.717) is 19.6 Å². The summed E-state index contributed by atoms with van der Waals surface area (Å²) < 4.78 is 0. The predicted molar refractivity (Wildman–Crippen MR) is 80.0 cm³/mol. The first kappa shape index (κ1) is 16.2. The Morgan fingerprint density at radius 2 is 1.65 bits per heavy atom. The third-order valence-corrected chi connectivity index (χ3v) is 3.45. The van der Waals surface area contributed by atoms with E-state index in [-0.39, 0.29) is 11.8 Å². The smallest absolute Gasteiger partial charge is 0.237 e. The summed E-state index contributed by atoms with van der Waals surface area (Å²) in [5.41, 5.74) is -0.0206. The molecular weight excluding hydrogens is 252 g/mol. The van der Waals surface area contributed by atoms with E-state index < -0.39 is 5.41 Å². The first-order valence-electron chi connectivity index (χ1n) is 7.05. The van der Waals surface area contributed by atoms with Gasteiger partial charge in [0.05, 0.1) is 0 Å². The third-order valence-electron chi connectivity index (χ3n) is 3.45. The fourth-order valence-corrected chi connectivity index (χ4v) is 2.00. The van der Waals surface area contributed by atoms with Crippen LogP contribution in [0, 0.1) is 5.41 Å². The molecule has 0 saturated heterocycles. The van der Waals surface area contributed by atoms with Crippen molar-refractivity contribution >= 4 is 11.8 Å². The second-order valence-electron chi connectivity index (χ2n) is 5.27. The van der Waals surface area contributed by atoms with Gasteiger partial charge in [0.15, 0.2) is 0 Å².